The number of anilines is 1. The van der Waals surface area contributed by atoms with Crippen LogP contribution >= 0.6 is 11.3 Å². The van der Waals surface area contributed by atoms with Crippen molar-refractivity contribution >= 4 is 16.3 Å². The van der Waals surface area contributed by atoms with Gasteiger partial charge in [0, 0.05) is 11.9 Å². The standard InChI is InChI=1S/C12H18N2S/c1-4-6-9-10(8-13)12(14-3)15-11(9)7-5-2/h14H,4-7H2,1-3H3. The summed E-state index contributed by atoms with van der Waals surface area (Å²) >= 11 is 1.74. The summed E-state index contributed by atoms with van der Waals surface area (Å²) in [6.07, 6.45) is 4.36. The van der Waals surface area contributed by atoms with Gasteiger partial charge in [0.15, 0.2) is 0 Å². The molecule has 15 heavy (non-hydrogen) atoms. The minimum absolute atomic E-state index is 0.868. The molecule has 3 heteroatoms. The van der Waals surface area contributed by atoms with Gasteiger partial charge in [-0.05, 0) is 18.4 Å². The van der Waals surface area contributed by atoms with Gasteiger partial charge < -0.3 is 5.32 Å². The van der Waals surface area contributed by atoms with Crippen molar-refractivity contribution in [2.45, 2.75) is 39.5 Å². The van der Waals surface area contributed by atoms with Gasteiger partial charge in [0.2, 0.25) is 0 Å². The molecule has 1 heterocycles. The maximum absolute atomic E-state index is 9.16. The van der Waals surface area contributed by atoms with Gasteiger partial charge in [-0.1, -0.05) is 26.7 Å². The molecule has 0 unspecified atom stereocenters. The van der Waals surface area contributed by atoms with Crippen molar-refractivity contribution < 1.29 is 0 Å². The Kier molecular flexibility index (Phi) is 4.64. The average molecular weight is 222 g/mol. The van der Waals surface area contributed by atoms with E-state index in [1.54, 1.807) is 11.3 Å². The van der Waals surface area contributed by atoms with Crippen molar-refractivity contribution in [3.63, 3.8) is 0 Å². The molecular formula is C12H18N2S. The molecule has 2 nitrogen and oxygen atoms in total. The maximum Gasteiger partial charge on any atom is 0.107 e. The van der Waals surface area contributed by atoms with Gasteiger partial charge in [0.1, 0.15) is 11.1 Å². The number of nitrogens with one attached hydrogen (secondary N) is 1. The van der Waals surface area contributed by atoms with E-state index < -0.39 is 0 Å². The fourth-order valence-electron chi connectivity index (χ4n) is 1.75. The molecule has 82 valence electrons. The molecule has 0 saturated carbocycles. The van der Waals surface area contributed by atoms with Crippen LogP contribution < -0.4 is 5.32 Å². The third-order valence-corrected chi connectivity index (χ3v) is 3.72. The Bertz CT molecular complexity index is 360. The van der Waals surface area contributed by atoms with Crippen molar-refractivity contribution in [1.29, 1.82) is 5.26 Å². The van der Waals surface area contributed by atoms with Crippen molar-refractivity contribution in [1.82, 2.24) is 0 Å². The van der Waals surface area contributed by atoms with E-state index in [1.165, 1.54) is 10.4 Å². The van der Waals surface area contributed by atoms with Crippen LogP contribution in [0.5, 0.6) is 0 Å². The Morgan fingerprint density at radius 1 is 1.27 bits per heavy atom. The van der Waals surface area contributed by atoms with E-state index in [1.807, 2.05) is 7.05 Å². The zero-order valence-corrected chi connectivity index (χ0v) is 10.5. The maximum atomic E-state index is 9.16. The summed E-state index contributed by atoms with van der Waals surface area (Å²) in [5.41, 5.74) is 2.14. The summed E-state index contributed by atoms with van der Waals surface area (Å²) in [5, 5.41) is 13.3. The summed E-state index contributed by atoms with van der Waals surface area (Å²) < 4.78 is 0. The lowest BCUT2D eigenvalue weighted by Crippen LogP contribution is -1.92. The number of nitrogens with zero attached hydrogens (tertiary/aromatic N) is 1. The highest BCUT2D eigenvalue weighted by atomic mass is 32.1. The first kappa shape index (κ1) is 12.1. The first-order valence-corrected chi connectivity index (χ1v) is 6.32. The highest BCUT2D eigenvalue weighted by Gasteiger charge is 2.15. The number of thiophene rings is 1. The molecule has 1 N–H and O–H groups in total. The molecule has 0 spiro atoms. The van der Waals surface area contributed by atoms with Gasteiger partial charge >= 0.3 is 0 Å². The molecule has 0 aliphatic carbocycles. The topological polar surface area (TPSA) is 35.8 Å². The van der Waals surface area contributed by atoms with Gasteiger partial charge in [0.25, 0.3) is 0 Å². The van der Waals surface area contributed by atoms with Crippen molar-refractivity contribution in [3.05, 3.63) is 16.0 Å². The lowest BCUT2D eigenvalue weighted by molar-refractivity contribution is 0.876. The lowest BCUT2D eigenvalue weighted by atomic mass is 10.0. The zero-order chi connectivity index (χ0) is 11.3. The molecule has 0 fully saturated rings. The van der Waals surface area contributed by atoms with Crippen LogP contribution in [0.1, 0.15) is 42.7 Å². The Morgan fingerprint density at radius 2 is 1.93 bits per heavy atom. The van der Waals surface area contributed by atoms with Crippen LogP contribution in [0.3, 0.4) is 0 Å². The Morgan fingerprint density at radius 3 is 2.40 bits per heavy atom. The molecular weight excluding hydrogens is 204 g/mol. The lowest BCUT2D eigenvalue weighted by Gasteiger charge is -2.00. The normalized spacial score (nSPS) is 10.0. The van der Waals surface area contributed by atoms with Crippen molar-refractivity contribution in [3.8, 4) is 6.07 Å². The molecule has 1 rings (SSSR count). The molecule has 1 aromatic heterocycles. The molecule has 0 radical (unpaired) electrons. The quantitative estimate of drug-likeness (QED) is 0.826. The van der Waals surface area contributed by atoms with E-state index >= 15 is 0 Å². The van der Waals surface area contributed by atoms with Crippen LogP contribution in [-0.2, 0) is 12.8 Å². The Labute approximate surface area is 95.9 Å². The second kappa shape index (κ2) is 5.77. The monoisotopic (exact) mass is 222 g/mol. The van der Waals surface area contributed by atoms with E-state index in [9.17, 15) is 0 Å². The van der Waals surface area contributed by atoms with Crippen LogP contribution in [-0.4, -0.2) is 7.05 Å². The highest BCUT2D eigenvalue weighted by Crippen LogP contribution is 2.34. The van der Waals surface area contributed by atoms with Crippen LogP contribution in [0.15, 0.2) is 0 Å². The van der Waals surface area contributed by atoms with Crippen LogP contribution in [0.25, 0.3) is 0 Å². The molecule has 0 bridgehead atoms. The van der Waals surface area contributed by atoms with Crippen molar-refractivity contribution in [2.75, 3.05) is 12.4 Å². The van der Waals surface area contributed by atoms with Crippen LogP contribution in [0, 0.1) is 11.3 Å². The predicted octanol–water partition coefficient (Wildman–Crippen LogP) is 3.57. The van der Waals surface area contributed by atoms with Gasteiger partial charge in [0.05, 0.1) is 5.56 Å². The third kappa shape index (κ3) is 2.51. The zero-order valence-electron chi connectivity index (χ0n) is 9.68. The van der Waals surface area contributed by atoms with E-state index in [-0.39, 0.29) is 0 Å². The number of nitriles is 1. The highest BCUT2D eigenvalue weighted by molar-refractivity contribution is 7.16. The summed E-state index contributed by atoms with van der Waals surface area (Å²) in [6.45, 7) is 4.34. The minimum atomic E-state index is 0.868. The number of hydrogen-bond donors (Lipinski definition) is 1. The first-order chi connectivity index (χ1) is 7.28. The summed E-state index contributed by atoms with van der Waals surface area (Å²) in [5.74, 6) is 0. The smallest absolute Gasteiger partial charge is 0.107 e. The third-order valence-electron chi connectivity index (χ3n) is 2.41. The van der Waals surface area contributed by atoms with Crippen LogP contribution in [0.2, 0.25) is 0 Å². The Hall–Kier alpha value is -1.01. The Balaban J connectivity index is 3.15. The molecule has 0 aliphatic heterocycles. The number of aryl methyl sites for hydroxylation is 1. The second-order valence-electron chi connectivity index (χ2n) is 3.57. The number of hydrogen-bond acceptors (Lipinski definition) is 3. The molecule has 0 saturated heterocycles. The fourth-order valence-corrected chi connectivity index (χ4v) is 3.00. The molecule has 0 atom stereocenters. The van der Waals surface area contributed by atoms with Gasteiger partial charge in [-0.15, -0.1) is 11.3 Å². The first-order valence-electron chi connectivity index (χ1n) is 5.50. The van der Waals surface area contributed by atoms with Gasteiger partial charge in [-0.3, -0.25) is 0 Å². The summed E-state index contributed by atoms with van der Waals surface area (Å²) in [4.78, 5) is 1.39. The average Bonchev–Trinajstić information content (AvgIpc) is 2.57. The van der Waals surface area contributed by atoms with E-state index in [2.05, 4.69) is 25.2 Å². The fraction of sp³-hybridized carbons (Fsp3) is 0.583. The SMILES string of the molecule is CCCc1sc(NC)c(C#N)c1CCC. The number of rotatable bonds is 5. The largest absolute Gasteiger partial charge is 0.379 e. The van der Waals surface area contributed by atoms with E-state index in [0.717, 1.165) is 36.2 Å². The van der Waals surface area contributed by atoms with Crippen LogP contribution in [0.4, 0.5) is 5.00 Å². The van der Waals surface area contributed by atoms with E-state index in [0.29, 0.717) is 0 Å². The minimum Gasteiger partial charge on any atom is -0.379 e. The predicted molar refractivity (Wildman–Crippen MR) is 66.6 cm³/mol. The molecule has 0 amide bonds. The summed E-state index contributed by atoms with van der Waals surface area (Å²) in [6, 6.07) is 2.33. The summed E-state index contributed by atoms with van der Waals surface area (Å²) in [7, 11) is 1.89. The van der Waals surface area contributed by atoms with Gasteiger partial charge in [-0.25, -0.2) is 0 Å². The van der Waals surface area contributed by atoms with E-state index in [4.69, 9.17) is 5.26 Å². The molecule has 1 aromatic rings. The van der Waals surface area contributed by atoms with Gasteiger partial charge in [-0.2, -0.15) is 5.26 Å². The van der Waals surface area contributed by atoms with Crippen molar-refractivity contribution in [2.24, 2.45) is 0 Å². The molecule has 0 aliphatic rings. The second-order valence-corrected chi connectivity index (χ2v) is 4.67. The molecule has 0 aromatic carbocycles.